The molecule has 2 aromatic carbocycles. The SMILES string of the molecule is Cl.Oc1ccc(CC2CCC(CCc3ccccc3)N2)cc1O. The molecular formula is C19H24ClNO2. The van der Waals surface area contributed by atoms with Crippen LogP contribution in [0.1, 0.15) is 30.4 Å². The lowest BCUT2D eigenvalue weighted by Gasteiger charge is -2.15. The second-order valence-corrected chi connectivity index (χ2v) is 6.19. The highest BCUT2D eigenvalue weighted by molar-refractivity contribution is 5.85. The molecule has 0 amide bonds. The molecule has 3 nitrogen and oxygen atoms in total. The van der Waals surface area contributed by atoms with Crippen molar-refractivity contribution in [2.45, 2.75) is 44.2 Å². The molecule has 0 spiro atoms. The second kappa shape index (κ2) is 8.23. The van der Waals surface area contributed by atoms with Crippen molar-refractivity contribution in [2.24, 2.45) is 0 Å². The van der Waals surface area contributed by atoms with E-state index in [-0.39, 0.29) is 23.9 Å². The number of aromatic hydroxyl groups is 2. The predicted molar refractivity (Wildman–Crippen MR) is 95.4 cm³/mol. The molecule has 0 aliphatic carbocycles. The van der Waals surface area contributed by atoms with Gasteiger partial charge in [-0.3, -0.25) is 0 Å². The molecule has 1 aliphatic heterocycles. The van der Waals surface area contributed by atoms with E-state index in [4.69, 9.17) is 0 Å². The normalized spacial score (nSPS) is 20.2. The molecule has 2 atom stereocenters. The highest BCUT2D eigenvalue weighted by Crippen LogP contribution is 2.27. The summed E-state index contributed by atoms with van der Waals surface area (Å²) in [6.07, 6.45) is 5.56. The van der Waals surface area contributed by atoms with Gasteiger partial charge in [0.25, 0.3) is 0 Å². The van der Waals surface area contributed by atoms with E-state index in [1.807, 2.05) is 6.07 Å². The summed E-state index contributed by atoms with van der Waals surface area (Å²) in [5.41, 5.74) is 2.47. The van der Waals surface area contributed by atoms with Crippen molar-refractivity contribution in [3.05, 3.63) is 59.7 Å². The number of rotatable bonds is 5. The molecule has 3 rings (SSSR count). The average Bonchev–Trinajstić information content (AvgIpc) is 2.97. The molecule has 0 bridgehead atoms. The molecule has 1 fully saturated rings. The number of halogens is 1. The average molecular weight is 334 g/mol. The fraction of sp³-hybridized carbons (Fsp3) is 0.368. The topological polar surface area (TPSA) is 52.5 Å². The summed E-state index contributed by atoms with van der Waals surface area (Å²) in [4.78, 5) is 0. The lowest BCUT2D eigenvalue weighted by Crippen LogP contribution is -2.31. The molecule has 1 aliphatic rings. The molecule has 2 aromatic rings. The van der Waals surface area contributed by atoms with Gasteiger partial charge < -0.3 is 15.5 Å². The van der Waals surface area contributed by atoms with E-state index >= 15 is 0 Å². The molecule has 4 heteroatoms. The maximum atomic E-state index is 9.57. The van der Waals surface area contributed by atoms with E-state index in [0.717, 1.165) is 18.4 Å². The molecule has 0 aromatic heterocycles. The van der Waals surface area contributed by atoms with Gasteiger partial charge in [-0.2, -0.15) is 0 Å². The Labute approximate surface area is 143 Å². The van der Waals surface area contributed by atoms with Gasteiger partial charge in [-0.15, -0.1) is 12.4 Å². The minimum atomic E-state index is -0.0520. The van der Waals surface area contributed by atoms with Crippen LogP contribution in [-0.2, 0) is 12.8 Å². The first kappa shape index (κ1) is 17.6. The number of hydrogen-bond acceptors (Lipinski definition) is 3. The molecule has 2 unspecified atom stereocenters. The van der Waals surface area contributed by atoms with Gasteiger partial charge in [0.15, 0.2) is 11.5 Å². The van der Waals surface area contributed by atoms with E-state index in [2.05, 4.69) is 35.6 Å². The number of aryl methyl sites for hydroxylation is 1. The Morgan fingerprint density at radius 2 is 1.61 bits per heavy atom. The van der Waals surface area contributed by atoms with Crippen molar-refractivity contribution in [2.75, 3.05) is 0 Å². The van der Waals surface area contributed by atoms with Gasteiger partial charge in [-0.1, -0.05) is 36.4 Å². The van der Waals surface area contributed by atoms with Crippen molar-refractivity contribution in [3.63, 3.8) is 0 Å². The Kier molecular flexibility index (Phi) is 6.31. The van der Waals surface area contributed by atoms with Crippen LogP contribution < -0.4 is 5.32 Å². The van der Waals surface area contributed by atoms with Crippen LogP contribution in [0.15, 0.2) is 48.5 Å². The fourth-order valence-electron chi connectivity index (χ4n) is 3.26. The summed E-state index contributed by atoms with van der Waals surface area (Å²) < 4.78 is 0. The number of benzene rings is 2. The zero-order chi connectivity index (χ0) is 15.4. The third-order valence-corrected chi connectivity index (χ3v) is 4.48. The summed E-state index contributed by atoms with van der Waals surface area (Å²) in [6, 6.07) is 16.8. The van der Waals surface area contributed by atoms with Gasteiger partial charge in [0.1, 0.15) is 0 Å². The van der Waals surface area contributed by atoms with Gasteiger partial charge in [0.05, 0.1) is 0 Å². The van der Waals surface area contributed by atoms with Crippen LogP contribution in [0, 0.1) is 0 Å². The van der Waals surface area contributed by atoms with Gasteiger partial charge in [0.2, 0.25) is 0 Å². The van der Waals surface area contributed by atoms with Crippen LogP contribution in [0.2, 0.25) is 0 Å². The molecular weight excluding hydrogens is 310 g/mol. The maximum absolute atomic E-state index is 9.57. The molecule has 3 N–H and O–H groups in total. The zero-order valence-electron chi connectivity index (χ0n) is 13.1. The maximum Gasteiger partial charge on any atom is 0.157 e. The fourth-order valence-corrected chi connectivity index (χ4v) is 3.26. The predicted octanol–water partition coefficient (Wildman–Crippen LogP) is 3.82. The lowest BCUT2D eigenvalue weighted by molar-refractivity contribution is 0.402. The Morgan fingerprint density at radius 1 is 0.870 bits per heavy atom. The van der Waals surface area contributed by atoms with Crippen LogP contribution >= 0.6 is 12.4 Å². The summed E-state index contributed by atoms with van der Waals surface area (Å²) in [6.45, 7) is 0. The van der Waals surface area contributed by atoms with Crippen LogP contribution in [0.5, 0.6) is 11.5 Å². The lowest BCUT2D eigenvalue weighted by atomic mass is 10.0. The second-order valence-electron chi connectivity index (χ2n) is 6.19. The standard InChI is InChI=1S/C19H23NO2.ClH/c21-18-11-7-15(13-19(18)22)12-17-10-9-16(20-17)8-6-14-4-2-1-3-5-14;/h1-5,7,11,13,16-17,20-22H,6,8-10,12H2;1H. The summed E-state index contributed by atoms with van der Waals surface area (Å²) >= 11 is 0. The van der Waals surface area contributed by atoms with Crippen molar-refractivity contribution >= 4 is 12.4 Å². The van der Waals surface area contributed by atoms with Crippen molar-refractivity contribution in [1.29, 1.82) is 0 Å². The first-order valence-electron chi connectivity index (χ1n) is 8.01. The van der Waals surface area contributed by atoms with E-state index in [1.165, 1.54) is 24.8 Å². The van der Waals surface area contributed by atoms with Crippen molar-refractivity contribution < 1.29 is 10.2 Å². The van der Waals surface area contributed by atoms with E-state index < -0.39 is 0 Å². The van der Waals surface area contributed by atoms with Gasteiger partial charge in [-0.05, 0) is 55.4 Å². The van der Waals surface area contributed by atoms with E-state index in [0.29, 0.717) is 12.1 Å². The first-order valence-corrected chi connectivity index (χ1v) is 8.01. The third-order valence-electron chi connectivity index (χ3n) is 4.48. The Balaban J connectivity index is 0.00000192. The minimum Gasteiger partial charge on any atom is -0.504 e. The Morgan fingerprint density at radius 3 is 2.35 bits per heavy atom. The van der Waals surface area contributed by atoms with Gasteiger partial charge >= 0.3 is 0 Å². The molecule has 124 valence electrons. The highest BCUT2D eigenvalue weighted by Gasteiger charge is 2.23. The highest BCUT2D eigenvalue weighted by atomic mass is 35.5. The molecule has 1 heterocycles. The minimum absolute atomic E-state index is 0. The van der Waals surface area contributed by atoms with Crippen LogP contribution in [0.25, 0.3) is 0 Å². The van der Waals surface area contributed by atoms with Crippen molar-refractivity contribution in [1.82, 2.24) is 5.32 Å². The summed E-state index contributed by atoms with van der Waals surface area (Å²) in [5.74, 6) is -0.0833. The molecule has 1 saturated heterocycles. The Hall–Kier alpha value is -1.71. The number of phenolic OH excluding ortho intramolecular Hbond substituents is 2. The monoisotopic (exact) mass is 333 g/mol. The number of nitrogens with one attached hydrogen (secondary N) is 1. The van der Waals surface area contributed by atoms with Crippen molar-refractivity contribution in [3.8, 4) is 11.5 Å². The van der Waals surface area contributed by atoms with Crippen LogP contribution in [0.4, 0.5) is 0 Å². The smallest absolute Gasteiger partial charge is 0.157 e. The quantitative estimate of drug-likeness (QED) is 0.729. The summed E-state index contributed by atoms with van der Waals surface area (Å²) in [7, 11) is 0. The van der Waals surface area contributed by atoms with E-state index in [9.17, 15) is 10.2 Å². The van der Waals surface area contributed by atoms with Crippen LogP contribution in [0.3, 0.4) is 0 Å². The molecule has 23 heavy (non-hydrogen) atoms. The zero-order valence-corrected chi connectivity index (χ0v) is 13.9. The molecule has 0 saturated carbocycles. The number of hydrogen-bond donors (Lipinski definition) is 3. The first-order chi connectivity index (χ1) is 10.7. The molecule has 0 radical (unpaired) electrons. The van der Waals surface area contributed by atoms with Crippen LogP contribution in [-0.4, -0.2) is 22.3 Å². The van der Waals surface area contributed by atoms with Gasteiger partial charge in [0, 0.05) is 12.1 Å². The largest absolute Gasteiger partial charge is 0.504 e. The van der Waals surface area contributed by atoms with E-state index in [1.54, 1.807) is 12.1 Å². The third kappa shape index (κ3) is 4.88. The number of phenols is 2. The van der Waals surface area contributed by atoms with Gasteiger partial charge in [-0.25, -0.2) is 0 Å². The Bertz CT molecular complexity index is 618. The summed E-state index contributed by atoms with van der Waals surface area (Å²) in [5, 5.41) is 22.6.